The molecule has 1 rings (SSSR count). The molecule has 2 atom stereocenters. The van der Waals surface area contributed by atoms with Crippen LogP contribution in [0.2, 0.25) is 6.32 Å². The lowest BCUT2D eigenvalue weighted by molar-refractivity contribution is 0.145. The third kappa shape index (κ3) is 7.17. The van der Waals surface area contributed by atoms with Gasteiger partial charge in [0.05, 0.1) is 12.1 Å². The summed E-state index contributed by atoms with van der Waals surface area (Å²) in [5, 5.41) is 0. The number of nitrogens with zero attached hydrogens (tertiary/aromatic N) is 1. The Bertz CT molecular complexity index is 350. The van der Waals surface area contributed by atoms with Gasteiger partial charge < -0.3 is 10.4 Å². The minimum Gasteiger partial charge on any atom is -0.433 e. The van der Waals surface area contributed by atoms with E-state index in [-0.39, 0.29) is 19.0 Å². The van der Waals surface area contributed by atoms with E-state index in [9.17, 15) is 0 Å². The molecule has 0 heterocycles. The van der Waals surface area contributed by atoms with Crippen molar-refractivity contribution in [2.75, 3.05) is 13.2 Å². The molecule has 2 N–H and O–H groups in total. The van der Waals surface area contributed by atoms with Gasteiger partial charge >= 0.3 is 6.92 Å². The van der Waals surface area contributed by atoms with Crippen LogP contribution in [-0.2, 0) is 4.65 Å². The van der Waals surface area contributed by atoms with Crippen molar-refractivity contribution < 1.29 is 4.65 Å². The smallest absolute Gasteiger partial charge is 0.324 e. The topological polar surface area (TPSA) is 38.5 Å². The largest absolute Gasteiger partial charge is 0.433 e. The zero-order valence-corrected chi connectivity index (χ0v) is 16.3. The van der Waals surface area contributed by atoms with Crippen LogP contribution < -0.4 is 5.73 Å². The highest BCUT2D eigenvalue weighted by molar-refractivity contribution is 6.53. The first-order chi connectivity index (χ1) is 11.7. The third-order valence-corrected chi connectivity index (χ3v) is 5.40. The first-order valence-electron chi connectivity index (χ1n) is 10.3. The van der Waals surface area contributed by atoms with E-state index < -0.39 is 0 Å². The standard InChI is InChI=1S/C20H39BN2O/c1-5-14-19(6-2)23(20(22)21(7-3)24-8-4)17-18-15-12-10-9-11-13-16-18/h2,18-20H,5,7-17,22H2,1,3-4H3. The van der Waals surface area contributed by atoms with Crippen LogP contribution in [0.25, 0.3) is 0 Å². The van der Waals surface area contributed by atoms with Crippen LogP contribution in [0, 0.1) is 18.3 Å². The molecule has 0 aromatic heterocycles. The van der Waals surface area contributed by atoms with Gasteiger partial charge in [0, 0.05) is 13.2 Å². The summed E-state index contributed by atoms with van der Waals surface area (Å²) >= 11 is 0. The van der Waals surface area contributed by atoms with Crippen LogP contribution in [0.3, 0.4) is 0 Å². The molecule has 3 nitrogen and oxygen atoms in total. The minimum atomic E-state index is -0.104. The molecule has 1 aliphatic carbocycles. The summed E-state index contributed by atoms with van der Waals surface area (Å²) in [6, 6.07) is 0.0259. The molecule has 138 valence electrons. The lowest BCUT2D eigenvalue weighted by atomic mass is 9.60. The van der Waals surface area contributed by atoms with Gasteiger partial charge in [0.15, 0.2) is 0 Å². The lowest BCUT2D eigenvalue weighted by Crippen LogP contribution is -2.58. The molecule has 1 saturated carbocycles. The minimum absolute atomic E-state index is 0.0660. The number of terminal acetylenes is 1. The highest BCUT2D eigenvalue weighted by atomic mass is 16.4. The predicted octanol–water partition coefficient (Wildman–Crippen LogP) is 4.32. The van der Waals surface area contributed by atoms with Crippen LogP contribution in [0.15, 0.2) is 0 Å². The summed E-state index contributed by atoms with van der Waals surface area (Å²) in [7, 11) is 0. The van der Waals surface area contributed by atoms with Gasteiger partial charge in [-0.25, -0.2) is 0 Å². The first-order valence-corrected chi connectivity index (χ1v) is 10.3. The fourth-order valence-corrected chi connectivity index (χ4v) is 3.98. The summed E-state index contributed by atoms with van der Waals surface area (Å²) in [5.74, 6) is 3.74. The Morgan fingerprint density at radius 1 is 1.17 bits per heavy atom. The van der Waals surface area contributed by atoms with Gasteiger partial charge in [0.25, 0.3) is 0 Å². The second kappa shape index (κ2) is 12.8. The maximum absolute atomic E-state index is 6.66. The van der Waals surface area contributed by atoms with Crippen molar-refractivity contribution in [1.29, 1.82) is 0 Å². The van der Waals surface area contributed by atoms with Gasteiger partial charge in [0.2, 0.25) is 0 Å². The van der Waals surface area contributed by atoms with Crippen LogP contribution in [-0.4, -0.2) is 37.1 Å². The zero-order valence-electron chi connectivity index (χ0n) is 16.3. The maximum atomic E-state index is 6.66. The number of nitrogens with two attached hydrogens (primary N) is 1. The summed E-state index contributed by atoms with van der Waals surface area (Å²) < 4.78 is 5.91. The lowest BCUT2D eigenvalue weighted by Gasteiger charge is -2.38. The Labute approximate surface area is 151 Å². The Hall–Kier alpha value is -0.495. The molecular weight excluding hydrogens is 295 g/mol. The highest BCUT2D eigenvalue weighted by Gasteiger charge is 2.33. The zero-order chi connectivity index (χ0) is 17.8. The number of rotatable bonds is 10. The fourth-order valence-electron chi connectivity index (χ4n) is 3.98. The molecule has 2 unspecified atom stereocenters. The van der Waals surface area contributed by atoms with E-state index in [1.54, 1.807) is 0 Å². The quantitative estimate of drug-likeness (QED) is 0.367. The molecule has 0 bridgehead atoms. The van der Waals surface area contributed by atoms with E-state index in [1.807, 2.05) is 6.92 Å². The molecule has 0 radical (unpaired) electrons. The molecule has 4 heteroatoms. The molecular formula is C20H39BN2O. The first kappa shape index (κ1) is 21.5. The molecule has 0 spiro atoms. The second-order valence-electron chi connectivity index (χ2n) is 7.27. The average molecular weight is 334 g/mol. The van der Waals surface area contributed by atoms with E-state index >= 15 is 0 Å². The van der Waals surface area contributed by atoms with E-state index in [0.717, 1.165) is 31.6 Å². The Balaban J connectivity index is 2.84. The van der Waals surface area contributed by atoms with E-state index in [0.29, 0.717) is 6.61 Å². The SMILES string of the molecule is C#CC(CCC)N(CC1CCCCCCC1)C(N)B(CC)OCC. The normalized spacial score (nSPS) is 19.3. The molecule has 0 saturated heterocycles. The van der Waals surface area contributed by atoms with Gasteiger partial charge in [-0.3, -0.25) is 4.90 Å². The van der Waals surface area contributed by atoms with Gasteiger partial charge in [-0.1, -0.05) is 58.3 Å². The van der Waals surface area contributed by atoms with Gasteiger partial charge in [-0.05, 0) is 38.4 Å². The summed E-state index contributed by atoms with van der Waals surface area (Å²) in [5.41, 5.74) is 6.66. The van der Waals surface area contributed by atoms with Crippen molar-refractivity contribution in [3.05, 3.63) is 0 Å². The summed E-state index contributed by atoms with van der Waals surface area (Å²) in [6.07, 6.45) is 18.4. The van der Waals surface area contributed by atoms with E-state index in [1.165, 1.54) is 44.9 Å². The van der Waals surface area contributed by atoms with Gasteiger partial charge in [-0.15, -0.1) is 6.42 Å². The van der Waals surface area contributed by atoms with E-state index in [2.05, 4.69) is 24.7 Å². The van der Waals surface area contributed by atoms with E-state index in [4.69, 9.17) is 16.8 Å². The van der Waals surface area contributed by atoms with Crippen molar-refractivity contribution in [1.82, 2.24) is 4.90 Å². The van der Waals surface area contributed by atoms with Crippen LogP contribution in [0.1, 0.15) is 78.6 Å². The number of hydrogen-bond donors (Lipinski definition) is 1. The molecule has 0 aromatic carbocycles. The van der Waals surface area contributed by atoms with Crippen LogP contribution in [0.4, 0.5) is 0 Å². The van der Waals surface area contributed by atoms with Gasteiger partial charge in [-0.2, -0.15) is 0 Å². The third-order valence-electron chi connectivity index (χ3n) is 5.40. The Morgan fingerprint density at radius 2 is 1.79 bits per heavy atom. The fraction of sp³-hybridized carbons (Fsp3) is 0.900. The second-order valence-corrected chi connectivity index (χ2v) is 7.27. The molecule has 1 aliphatic rings. The Morgan fingerprint density at radius 3 is 2.29 bits per heavy atom. The molecule has 24 heavy (non-hydrogen) atoms. The predicted molar refractivity (Wildman–Crippen MR) is 106 cm³/mol. The van der Waals surface area contributed by atoms with Crippen molar-refractivity contribution in [3.8, 4) is 12.3 Å². The Kier molecular flexibility index (Phi) is 11.5. The summed E-state index contributed by atoms with van der Waals surface area (Å²) in [6.45, 7) is 8.19. The molecule has 0 aromatic rings. The van der Waals surface area contributed by atoms with Crippen molar-refractivity contribution in [2.45, 2.75) is 97.0 Å². The number of hydrogen-bond acceptors (Lipinski definition) is 3. The summed E-state index contributed by atoms with van der Waals surface area (Å²) in [4.78, 5) is 2.39. The average Bonchev–Trinajstić information content (AvgIpc) is 2.56. The monoisotopic (exact) mass is 334 g/mol. The van der Waals surface area contributed by atoms with Crippen molar-refractivity contribution in [3.63, 3.8) is 0 Å². The van der Waals surface area contributed by atoms with Crippen LogP contribution >= 0.6 is 0 Å². The van der Waals surface area contributed by atoms with Gasteiger partial charge in [0.1, 0.15) is 0 Å². The molecule has 0 aliphatic heterocycles. The molecule has 0 amide bonds. The highest BCUT2D eigenvalue weighted by Crippen LogP contribution is 2.25. The van der Waals surface area contributed by atoms with Crippen molar-refractivity contribution >= 4 is 6.92 Å². The van der Waals surface area contributed by atoms with Crippen molar-refractivity contribution in [2.24, 2.45) is 11.7 Å². The molecule has 1 fully saturated rings. The van der Waals surface area contributed by atoms with Crippen LogP contribution in [0.5, 0.6) is 0 Å². The maximum Gasteiger partial charge on any atom is 0.324 e.